The van der Waals surface area contributed by atoms with Crippen LogP contribution in [0.5, 0.6) is 0 Å². The van der Waals surface area contributed by atoms with Crippen LogP contribution in [0.15, 0.2) is 42.5 Å². The molecule has 0 N–H and O–H groups in total. The van der Waals surface area contributed by atoms with Gasteiger partial charge in [0.15, 0.2) is 5.78 Å². The first-order valence-electron chi connectivity index (χ1n) is 11.9. The summed E-state index contributed by atoms with van der Waals surface area (Å²) in [5.41, 5.74) is 2.78. The Morgan fingerprint density at radius 2 is 1.74 bits per heavy atom. The van der Waals surface area contributed by atoms with Crippen LogP contribution in [-0.2, 0) is 12.0 Å². The van der Waals surface area contributed by atoms with E-state index in [2.05, 4.69) is 15.9 Å². The Hall–Kier alpha value is -2.04. The lowest BCUT2D eigenvalue weighted by molar-refractivity contribution is 0.0257. The number of halogens is 1. The Labute approximate surface area is 185 Å². The second-order valence-electron chi connectivity index (χ2n) is 9.83. The third-order valence-corrected chi connectivity index (χ3v) is 7.76. The maximum Gasteiger partial charge on any atom is 0.188 e. The zero-order chi connectivity index (χ0) is 21.4. The van der Waals surface area contributed by atoms with Crippen LogP contribution in [0, 0.1) is 18.7 Å². The summed E-state index contributed by atoms with van der Waals surface area (Å²) in [6.45, 7) is 6.76. The molecule has 1 aliphatic heterocycles. The van der Waals surface area contributed by atoms with Crippen LogP contribution < -0.4 is 0 Å². The molecule has 3 aliphatic rings. The highest BCUT2D eigenvalue weighted by atomic mass is 19.1. The number of benzene rings is 2. The van der Waals surface area contributed by atoms with Gasteiger partial charge in [-0.15, -0.1) is 0 Å². The van der Waals surface area contributed by atoms with Gasteiger partial charge in [-0.25, -0.2) is 4.39 Å². The van der Waals surface area contributed by atoms with Crippen LogP contribution in [0.1, 0.15) is 59.2 Å². The summed E-state index contributed by atoms with van der Waals surface area (Å²) < 4.78 is 14.5. The van der Waals surface area contributed by atoms with Gasteiger partial charge in [-0.1, -0.05) is 49.6 Å². The first-order valence-corrected chi connectivity index (χ1v) is 11.9. The van der Waals surface area contributed by atoms with Crippen molar-refractivity contribution in [3.8, 4) is 0 Å². The molecule has 0 radical (unpaired) electrons. The van der Waals surface area contributed by atoms with Crippen molar-refractivity contribution in [1.82, 2.24) is 9.80 Å². The standard InChI is InChI=1S/C27H33FN2O/c1-20-15-23(17-24(28)16-20)27(18-22-9-5-6-10-25(22)26(27)31)30-13-11-29(12-14-30)19-21-7-3-2-4-8-21/h5-6,9-10,15-17,21H,2-4,7-8,11-14,18-19H2,1H3. The molecule has 4 heteroatoms. The lowest BCUT2D eigenvalue weighted by Gasteiger charge is -2.46. The number of Topliss-reactive ketones (excluding diaryl/α,β-unsaturated/α-hetero) is 1. The van der Waals surface area contributed by atoms with Crippen molar-refractivity contribution in [3.05, 3.63) is 70.5 Å². The average Bonchev–Trinajstić information content (AvgIpc) is 3.08. The SMILES string of the molecule is Cc1cc(F)cc(C2(N3CCN(CC4CCCCC4)CC3)Cc3ccccc3C2=O)c1. The van der Waals surface area contributed by atoms with E-state index >= 15 is 0 Å². The van der Waals surface area contributed by atoms with Gasteiger partial charge in [-0.2, -0.15) is 0 Å². The van der Waals surface area contributed by atoms with Crippen LogP contribution in [-0.4, -0.2) is 48.3 Å². The highest BCUT2D eigenvalue weighted by molar-refractivity contribution is 6.08. The average molecular weight is 421 g/mol. The van der Waals surface area contributed by atoms with Crippen LogP contribution in [0.3, 0.4) is 0 Å². The van der Waals surface area contributed by atoms with Crippen molar-refractivity contribution in [2.75, 3.05) is 32.7 Å². The summed E-state index contributed by atoms with van der Waals surface area (Å²) in [6.07, 6.45) is 7.50. The maximum absolute atomic E-state index is 14.5. The molecule has 1 heterocycles. The molecule has 1 atom stereocenters. The van der Waals surface area contributed by atoms with E-state index in [1.54, 1.807) is 12.1 Å². The number of rotatable bonds is 4. The van der Waals surface area contributed by atoms with Gasteiger partial charge >= 0.3 is 0 Å². The van der Waals surface area contributed by atoms with Crippen LogP contribution >= 0.6 is 0 Å². The second kappa shape index (κ2) is 8.48. The Balaban J connectivity index is 1.42. The molecule has 1 unspecified atom stereocenters. The van der Waals surface area contributed by atoms with Gasteiger partial charge in [-0.05, 0) is 54.5 Å². The minimum absolute atomic E-state index is 0.133. The van der Waals surface area contributed by atoms with Crippen LogP contribution in [0.4, 0.5) is 4.39 Å². The molecular weight excluding hydrogens is 387 g/mol. The van der Waals surface area contributed by atoms with Gasteiger partial charge in [0, 0.05) is 44.7 Å². The first kappa shape index (κ1) is 20.8. The van der Waals surface area contributed by atoms with E-state index in [1.165, 1.54) is 38.6 Å². The van der Waals surface area contributed by atoms with Gasteiger partial charge in [0.05, 0.1) is 0 Å². The molecule has 3 nitrogen and oxygen atoms in total. The molecule has 2 aromatic rings. The zero-order valence-corrected chi connectivity index (χ0v) is 18.6. The normalized spacial score (nSPS) is 25.7. The predicted octanol–water partition coefficient (Wildman–Crippen LogP) is 4.97. The largest absolute Gasteiger partial charge is 0.301 e. The molecule has 164 valence electrons. The van der Waals surface area contributed by atoms with E-state index in [9.17, 15) is 9.18 Å². The molecule has 0 spiro atoms. The lowest BCUT2D eigenvalue weighted by Crippen LogP contribution is -2.58. The minimum atomic E-state index is -0.784. The number of nitrogens with zero attached hydrogens (tertiary/aromatic N) is 2. The number of hydrogen-bond donors (Lipinski definition) is 0. The number of aryl methyl sites for hydroxylation is 1. The van der Waals surface area contributed by atoms with Crippen molar-refractivity contribution < 1.29 is 9.18 Å². The molecule has 2 aromatic carbocycles. The molecule has 31 heavy (non-hydrogen) atoms. The van der Waals surface area contributed by atoms with E-state index in [-0.39, 0.29) is 11.6 Å². The van der Waals surface area contributed by atoms with Gasteiger partial charge in [0.2, 0.25) is 0 Å². The summed E-state index contributed by atoms with van der Waals surface area (Å²) in [5.74, 6) is 0.709. The summed E-state index contributed by atoms with van der Waals surface area (Å²) in [4.78, 5) is 18.8. The third kappa shape index (κ3) is 3.85. The van der Waals surface area contributed by atoms with Crippen LogP contribution in [0.25, 0.3) is 0 Å². The fourth-order valence-corrected chi connectivity index (χ4v) is 6.17. The number of piperazine rings is 1. The highest BCUT2D eigenvalue weighted by Gasteiger charge is 2.51. The maximum atomic E-state index is 14.5. The summed E-state index contributed by atoms with van der Waals surface area (Å²) in [5, 5.41) is 0. The zero-order valence-electron chi connectivity index (χ0n) is 18.6. The number of carbonyl (C=O) groups excluding carboxylic acids is 1. The van der Waals surface area contributed by atoms with E-state index in [4.69, 9.17) is 0 Å². The first-order chi connectivity index (χ1) is 15.1. The molecule has 2 aliphatic carbocycles. The molecule has 5 rings (SSSR count). The smallest absolute Gasteiger partial charge is 0.188 e. The van der Waals surface area contributed by atoms with Crippen LogP contribution in [0.2, 0.25) is 0 Å². The fraction of sp³-hybridized carbons (Fsp3) is 0.519. The molecule has 0 aromatic heterocycles. The Bertz CT molecular complexity index is 939. The number of fused-ring (bicyclic) bond motifs is 1. The topological polar surface area (TPSA) is 23.6 Å². The summed E-state index contributed by atoms with van der Waals surface area (Å²) >= 11 is 0. The molecule has 1 saturated heterocycles. The Kier molecular flexibility index (Phi) is 5.70. The quantitative estimate of drug-likeness (QED) is 0.698. The Morgan fingerprint density at radius 1 is 1.00 bits per heavy atom. The highest BCUT2D eigenvalue weighted by Crippen LogP contribution is 2.43. The van der Waals surface area contributed by atoms with Gasteiger partial charge < -0.3 is 4.90 Å². The van der Waals surface area contributed by atoms with E-state index < -0.39 is 5.54 Å². The van der Waals surface area contributed by atoms with Crippen molar-refractivity contribution in [1.29, 1.82) is 0 Å². The molecule has 1 saturated carbocycles. The van der Waals surface area contributed by atoms with Crippen molar-refractivity contribution in [3.63, 3.8) is 0 Å². The predicted molar refractivity (Wildman–Crippen MR) is 122 cm³/mol. The lowest BCUT2D eigenvalue weighted by atomic mass is 9.82. The van der Waals surface area contributed by atoms with Gasteiger partial charge in [0.25, 0.3) is 0 Å². The van der Waals surface area contributed by atoms with E-state index in [1.807, 2.05) is 31.2 Å². The van der Waals surface area contributed by atoms with Crippen molar-refractivity contribution in [2.24, 2.45) is 5.92 Å². The van der Waals surface area contributed by atoms with E-state index in [0.29, 0.717) is 6.42 Å². The Morgan fingerprint density at radius 3 is 2.45 bits per heavy atom. The van der Waals surface area contributed by atoms with Crippen molar-refractivity contribution >= 4 is 5.78 Å². The molecule has 0 amide bonds. The molecular formula is C27H33FN2O. The fourth-order valence-electron chi connectivity index (χ4n) is 6.17. The summed E-state index contributed by atoms with van der Waals surface area (Å²) in [7, 11) is 0. The number of hydrogen-bond acceptors (Lipinski definition) is 3. The summed E-state index contributed by atoms with van der Waals surface area (Å²) in [6, 6.07) is 13.1. The number of ketones is 1. The van der Waals surface area contributed by atoms with Gasteiger partial charge in [0.1, 0.15) is 11.4 Å². The molecule has 0 bridgehead atoms. The third-order valence-electron chi connectivity index (χ3n) is 7.76. The monoisotopic (exact) mass is 420 g/mol. The minimum Gasteiger partial charge on any atom is -0.301 e. The van der Waals surface area contributed by atoms with Crippen molar-refractivity contribution in [2.45, 2.75) is 51.0 Å². The van der Waals surface area contributed by atoms with E-state index in [0.717, 1.165) is 54.4 Å². The molecule has 2 fully saturated rings. The number of carbonyl (C=O) groups is 1. The van der Waals surface area contributed by atoms with Gasteiger partial charge in [-0.3, -0.25) is 9.69 Å². The second-order valence-corrected chi connectivity index (χ2v) is 9.83.